The largest absolute Gasteiger partial charge is 0.489 e. The van der Waals surface area contributed by atoms with Gasteiger partial charge in [-0.2, -0.15) is 0 Å². The number of imidazole rings is 1. The molecule has 1 aliphatic carbocycles. The van der Waals surface area contributed by atoms with Gasteiger partial charge in [-0.05, 0) is 82.6 Å². The summed E-state index contributed by atoms with van der Waals surface area (Å²) in [4.78, 5) is 25.1. The number of carbonyl (C=O) groups is 1. The van der Waals surface area contributed by atoms with Crippen LogP contribution in [0.4, 0.5) is 0 Å². The second-order valence-corrected chi connectivity index (χ2v) is 11.9. The molecule has 0 bridgehead atoms. The van der Waals surface area contributed by atoms with Gasteiger partial charge < -0.3 is 14.5 Å². The van der Waals surface area contributed by atoms with Crippen LogP contribution in [0.15, 0.2) is 60.7 Å². The van der Waals surface area contributed by atoms with Crippen LogP contribution < -0.4 is 4.74 Å². The number of ether oxygens (including phenoxy) is 2. The van der Waals surface area contributed by atoms with Crippen LogP contribution in [0.25, 0.3) is 22.6 Å². The maximum absolute atomic E-state index is 12.1. The molecule has 6 nitrogen and oxygen atoms in total. The number of aromatic amines is 1. The summed E-state index contributed by atoms with van der Waals surface area (Å²) in [5.74, 6) is 2.40. The standard InChI is InChI=1S/C32H36ClN3O3/c1-32(2,3)39-28(37)18-13-21-9-14-23(15-10-21)27-19-26(33)29-31(34-27)36-30(35-29)24-16-11-22(12-17-24)20-38-25-7-5-4-6-8-25/h4-8,11-12,16-17,19,21,23H,9-10,13-15,18,20H2,1-3H3,(H,34,35,36). The summed E-state index contributed by atoms with van der Waals surface area (Å²) in [5, 5.41) is 0.647. The highest BCUT2D eigenvalue weighted by Gasteiger charge is 2.26. The molecule has 1 fully saturated rings. The van der Waals surface area contributed by atoms with E-state index in [9.17, 15) is 4.79 Å². The van der Waals surface area contributed by atoms with Crippen molar-refractivity contribution < 1.29 is 14.3 Å². The lowest BCUT2D eigenvalue weighted by atomic mass is 9.78. The van der Waals surface area contributed by atoms with E-state index in [1.807, 2.05) is 81.4 Å². The topological polar surface area (TPSA) is 77.1 Å². The molecule has 1 saturated carbocycles. The number of halogens is 1. The molecule has 2 aromatic carbocycles. The Morgan fingerprint density at radius 3 is 2.41 bits per heavy atom. The van der Waals surface area contributed by atoms with E-state index in [4.69, 9.17) is 31.0 Å². The van der Waals surface area contributed by atoms with E-state index in [1.165, 1.54) is 0 Å². The van der Waals surface area contributed by atoms with Gasteiger partial charge in [-0.3, -0.25) is 4.79 Å². The Labute approximate surface area is 235 Å². The molecular formula is C32H36ClN3O3. The number of hydrogen-bond acceptors (Lipinski definition) is 5. The van der Waals surface area contributed by atoms with Crippen molar-refractivity contribution in [3.63, 3.8) is 0 Å². The van der Waals surface area contributed by atoms with E-state index in [-0.39, 0.29) is 5.97 Å². The minimum atomic E-state index is -0.425. The predicted octanol–water partition coefficient (Wildman–Crippen LogP) is 8.25. The van der Waals surface area contributed by atoms with Crippen molar-refractivity contribution in [3.05, 3.63) is 76.9 Å². The molecular weight excluding hydrogens is 510 g/mol. The Bertz CT molecular complexity index is 1400. The minimum Gasteiger partial charge on any atom is -0.489 e. The van der Waals surface area contributed by atoms with Gasteiger partial charge in [0.05, 0.1) is 5.02 Å². The lowest BCUT2D eigenvalue weighted by Crippen LogP contribution is -2.24. The first-order valence-electron chi connectivity index (χ1n) is 13.8. The lowest BCUT2D eigenvalue weighted by molar-refractivity contribution is -0.155. The van der Waals surface area contributed by atoms with Crippen LogP contribution >= 0.6 is 11.6 Å². The minimum absolute atomic E-state index is 0.104. The zero-order valence-electron chi connectivity index (χ0n) is 22.9. The van der Waals surface area contributed by atoms with Crippen LogP contribution in [0.3, 0.4) is 0 Å². The Hall–Kier alpha value is -3.38. The maximum atomic E-state index is 12.1. The van der Waals surface area contributed by atoms with Crippen molar-refractivity contribution in [2.45, 2.75) is 77.4 Å². The third-order valence-corrected chi connectivity index (χ3v) is 7.55. The molecule has 0 amide bonds. The van der Waals surface area contributed by atoms with E-state index in [0.717, 1.165) is 66.0 Å². The van der Waals surface area contributed by atoms with Crippen LogP contribution in [-0.4, -0.2) is 26.5 Å². The molecule has 0 radical (unpaired) electrons. The van der Waals surface area contributed by atoms with Crippen LogP contribution in [-0.2, 0) is 16.1 Å². The molecule has 0 aliphatic heterocycles. The normalized spacial score (nSPS) is 17.7. The van der Waals surface area contributed by atoms with Gasteiger partial charge in [-0.25, -0.2) is 9.97 Å². The smallest absolute Gasteiger partial charge is 0.306 e. The first-order chi connectivity index (χ1) is 18.7. The van der Waals surface area contributed by atoms with E-state index in [2.05, 4.69) is 4.98 Å². The number of rotatable bonds is 8. The first kappa shape index (κ1) is 27.2. The number of nitrogens with zero attached hydrogens (tertiary/aromatic N) is 2. The van der Waals surface area contributed by atoms with Crippen LogP contribution in [0, 0.1) is 5.92 Å². The van der Waals surface area contributed by atoms with Crippen molar-refractivity contribution >= 4 is 28.7 Å². The molecule has 1 N–H and O–H groups in total. The van der Waals surface area contributed by atoms with Gasteiger partial charge in [0.25, 0.3) is 0 Å². The molecule has 2 heterocycles. The summed E-state index contributed by atoms with van der Waals surface area (Å²) in [6.45, 7) is 6.23. The summed E-state index contributed by atoms with van der Waals surface area (Å²) in [7, 11) is 0. The van der Waals surface area contributed by atoms with Gasteiger partial charge in [-0.1, -0.05) is 54.1 Å². The zero-order valence-corrected chi connectivity index (χ0v) is 23.6. The number of nitrogens with one attached hydrogen (secondary N) is 1. The lowest BCUT2D eigenvalue weighted by Gasteiger charge is -2.28. The van der Waals surface area contributed by atoms with Gasteiger partial charge in [0.2, 0.25) is 0 Å². The number of aromatic nitrogens is 3. The summed E-state index contributed by atoms with van der Waals surface area (Å²) in [5.41, 5.74) is 4.04. The van der Waals surface area contributed by atoms with Crippen molar-refractivity contribution in [1.29, 1.82) is 0 Å². The SMILES string of the molecule is CC(C)(C)OC(=O)CCC1CCC(c2cc(Cl)c3[nH]c(-c4ccc(COc5ccccc5)cc4)nc3n2)CC1. The highest BCUT2D eigenvalue weighted by Crippen LogP contribution is 2.38. The molecule has 2 aromatic heterocycles. The number of fused-ring (bicyclic) bond motifs is 1. The van der Waals surface area contributed by atoms with Crippen molar-refractivity contribution in [2.75, 3.05) is 0 Å². The second kappa shape index (κ2) is 11.8. The van der Waals surface area contributed by atoms with E-state index in [0.29, 0.717) is 35.5 Å². The van der Waals surface area contributed by atoms with Crippen LogP contribution in [0.5, 0.6) is 5.75 Å². The molecule has 39 heavy (non-hydrogen) atoms. The third kappa shape index (κ3) is 7.18. The number of para-hydroxylation sites is 1. The van der Waals surface area contributed by atoms with Gasteiger partial charge in [0.15, 0.2) is 5.65 Å². The fourth-order valence-electron chi connectivity index (χ4n) is 5.22. The van der Waals surface area contributed by atoms with Crippen molar-refractivity contribution in [3.8, 4) is 17.1 Å². The van der Waals surface area contributed by atoms with E-state index < -0.39 is 5.60 Å². The Morgan fingerprint density at radius 1 is 1.00 bits per heavy atom. The van der Waals surface area contributed by atoms with Gasteiger partial charge in [0, 0.05) is 23.6 Å². The molecule has 5 rings (SSSR count). The molecule has 1 aliphatic rings. The van der Waals surface area contributed by atoms with E-state index in [1.54, 1.807) is 0 Å². The van der Waals surface area contributed by atoms with Crippen LogP contribution in [0.2, 0.25) is 5.02 Å². The fourth-order valence-corrected chi connectivity index (χ4v) is 5.46. The Kier molecular flexibility index (Phi) is 8.22. The molecule has 204 valence electrons. The number of H-pyrrole nitrogens is 1. The third-order valence-electron chi connectivity index (χ3n) is 7.25. The first-order valence-corrected chi connectivity index (χ1v) is 14.2. The number of benzene rings is 2. The summed E-state index contributed by atoms with van der Waals surface area (Å²) in [6, 6.07) is 20.0. The van der Waals surface area contributed by atoms with Gasteiger partial charge in [-0.15, -0.1) is 0 Å². The molecule has 0 spiro atoms. The summed E-state index contributed by atoms with van der Waals surface area (Å²) >= 11 is 6.69. The molecule has 0 saturated heterocycles. The summed E-state index contributed by atoms with van der Waals surface area (Å²) < 4.78 is 11.3. The molecule has 7 heteroatoms. The highest BCUT2D eigenvalue weighted by atomic mass is 35.5. The Morgan fingerprint density at radius 2 is 1.72 bits per heavy atom. The Balaban J connectivity index is 1.20. The van der Waals surface area contributed by atoms with Crippen molar-refractivity contribution in [1.82, 2.24) is 15.0 Å². The number of hydrogen-bond donors (Lipinski definition) is 1. The molecule has 0 unspecified atom stereocenters. The van der Waals surface area contributed by atoms with Crippen molar-refractivity contribution in [2.24, 2.45) is 5.92 Å². The number of pyridine rings is 1. The zero-order chi connectivity index (χ0) is 27.4. The number of esters is 1. The predicted molar refractivity (Wildman–Crippen MR) is 155 cm³/mol. The van der Waals surface area contributed by atoms with Gasteiger partial charge in [0.1, 0.15) is 29.3 Å². The second-order valence-electron chi connectivity index (χ2n) is 11.5. The average Bonchev–Trinajstić information content (AvgIpc) is 3.36. The van der Waals surface area contributed by atoms with Gasteiger partial charge >= 0.3 is 5.97 Å². The number of carbonyl (C=O) groups excluding carboxylic acids is 1. The highest BCUT2D eigenvalue weighted by molar-refractivity contribution is 6.34. The maximum Gasteiger partial charge on any atom is 0.306 e. The summed E-state index contributed by atoms with van der Waals surface area (Å²) in [6.07, 6.45) is 5.61. The molecule has 4 aromatic rings. The fraction of sp³-hybridized carbons (Fsp3) is 0.406. The average molecular weight is 546 g/mol. The monoisotopic (exact) mass is 545 g/mol. The van der Waals surface area contributed by atoms with Crippen LogP contribution in [0.1, 0.15) is 76.5 Å². The quantitative estimate of drug-likeness (QED) is 0.225. The van der Waals surface area contributed by atoms with E-state index >= 15 is 0 Å². The molecule has 0 atom stereocenters.